The molecular formula is C12H11F3O2. The minimum absolute atomic E-state index is 0.170. The Bertz CT molecular complexity index is 430. The first-order valence-corrected chi connectivity index (χ1v) is 4.99. The van der Waals surface area contributed by atoms with Crippen molar-refractivity contribution in [3.05, 3.63) is 35.4 Å². The zero-order valence-electron chi connectivity index (χ0n) is 9.34. The van der Waals surface area contributed by atoms with E-state index in [1.807, 2.05) is 0 Å². The average Bonchev–Trinajstić information content (AvgIpc) is 2.26. The fourth-order valence-electron chi connectivity index (χ4n) is 1.28. The van der Waals surface area contributed by atoms with E-state index in [0.29, 0.717) is 5.56 Å². The van der Waals surface area contributed by atoms with Gasteiger partial charge in [-0.05, 0) is 0 Å². The van der Waals surface area contributed by atoms with Crippen LogP contribution in [-0.4, -0.2) is 17.7 Å². The van der Waals surface area contributed by atoms with Gasteiger partial charge in [0.15, 0.2) is 5.78 Å². The van der Waals surface area contributed by atoms with E-state index >= 15 is 0 Å². The molecule has 0 heterocycles. The van der Waals surface area contributed by atoms with Crippen molar-refractivity contribution < 1.29 is 22.8 Å². The number of alkyl halides is 3. The third-order valence-corrected chi connectivity index (χ3v) is 2.21. The lowest BCUT2D eigenvalue weighted by atomic mass is 9.99. The summed E-state index contributed by atoms with van der Waals surface area (Å²) in [5, 5.41) is 0. The smallest absolute Gasteiger partial charge is 0.294 e. The van der Waals surface area contributed by atoms with Gasteiger partial charge in [-0.25, -0.2) is 0 Å². The Balaban J connectivity index is 2.97. The van der Waals surface area contributed by atoms with E-state index in [-0.39, 0.29) is 11.7 Å². The fourth-order valence-corrected chi connectivity index (χ4v) is 1.28. The van der Waals surface area contributed by atoms with Crippen LogP contribution in [0.3, 0.4) is 0 Å². The predicted octanol–water partition coefficient (Wildman–Crippen LogP) is 3.27. The highest BCUT2D eigenvalue weighted by Gasteiger charge is 2.39. The summed E-state index contributed by atoms with van der Waals surface area (Å²) in [5.41, 5.74) is -0.156. The van der Waals surface area contributed by atoms with Crippen LogP contribution in [0.1, 0.15) is 34.6 Å². The van der Waals surface area contributed by atoms with Crippen molar-refractivity contribution in [2.24, 2.45) is 5.92 Å². The average molecular weight is 244 g/mol. The van der Waals surface area contributed by atoms with E-state index in [9.17, 15) is 22.8 Å². The van der Waals surface area contributed by atoms with Gasteiger partial charge >= 0.3 is 6.18 Å². The maximum Gasteiger partial charge on any atom is 0.454 e. The molecule has 92 valence electrons. The molecule has 1 aromatic rings. The van der Waals surface area contributed by atoms with Crippen molar-refractivity contribution in [2.75, 3.05) is 0 Å². The van der Waals surface area contributed by atoms with E-state index < -0.39 is 17.5 Å². The number of ketones is 2. The normalized spacial score (nSPS) is 11.6. The second-order valence-electron chi connectivity index (χ2n) is 3.92. The third-order valence-electron chi connectivity index (χ3n) is 2.21. The summed E-state index contributed by atoms with van der Waals surface area (Å²) < 4.78 is 36.3. The second-order valence-corrected chi connectivity index (χ2v) is 3.92. The summed E-state index contributed by atoms with van der Waals surface area (Å²) in [4.78, 5) is 22.4. The summed E-state index contributed by atoms with van der Waals surface area (Å²) in [6.07, 6.45) is -4.89. The summed E-state index contributed by atoms with van der Waals surface area (Å²) in [7, 11) is 0. The van der Waals surface area contributed by atoms with Gasteiger partial charge in [-0.2, -0.15) is 13.2 Å². The molecule has 0 saturated carbocycles. The highest BCUT2D eigenvalue weighted by Crippen LogP contribution is 2.22. The second kappa shape index (κ2) is 4.69. The van der Waals surface area contributed by atoms with Crippen LogP contribution in [0, 0.1) is 5.92 Å². The van der Waals surface area contributed by atoms with Crippen LogP contribution in [0.15, 0.2) is 24.3 Å². The van der Waals surface area contributed by atoms with Gasteiger partial charge in [0.1, 0.15) is 0 Å². The van der Waals surface area contributed by atoms with Gasteiger partial charge in [0.25, 0.3) is 5.78 Å². The number of hydrogen-bond donors (Lipinski definition) is 0. The van der Waals surface area contributed by atoms with E-state index in [4.69, 9.17) is 0 Å². The van der Waals surface area contributed by atoms with Gasteiger partial charge < -0.3 is 0 Å². The standard InChI is InChI=1S/C12H11F3O2/c1-7(2)10(16)8-3-5-9(6-4-8)11(17)12(13,14)15/h3-7H,1-2H3. The molecule has 0 aliphatic heterocycles. The van der Waals surface area contributed by atoms with Gasteiger partial charge in [-0.3, -0.25) is 9.59 Å². The Morgan fingerprint density at radius 1 is 1.00 bits per heavy atom. The Hall–Kier alpha value is -1.65. The minimum atomic E-state index is -4.89. The summed E-state index contributed by atoms with van der Waals surface area (Å²) in [5.74, 6) is -2.31. The van der Waals surface area contributed by atoms with E-state index in [2.05, 4.69) is 0 Å². The van der Waals surface area contributed by atoms with Crippen LogP contribution in [-0.2, 0) is 0 Å². The van der Waals surface area contributed by atoms with Gasteiger partial charge in [-0.15, -0.1) is 0 Å². The molecule has 0 bridgehead atoms. The van der Waals surface area contributed by atoms with Crippen molar-refractivity contribution >= 4 is 11.6 Å². The topological polar surface area (TPSA) is 34.1 Å². The zero-order valence-corrected chi connectivity index (χ0v) is 9.34. The van der Waals surface area contributed by atoms with Crippen molar-refractivity contribution in [1.29, 1.82) is 0 Å². The molecule has 17 heavy (non-hydrogen) atoms. The number of halogens is 3. The van der Waals surface area contributed by atoms with Gasteiger partial charge in [0.2, 0.25) is 0 Å². The van der Waals surface area contributed by atoms with Gasteiger partial charge in [0.05, 0.1) is 0 Å². The number of benzene rings is 1. The Labute approximate surface area is 96.4 Å². The van der Waals surface area contributed by atoms with E-state index in [1.165, 1.54) is 12.1 Å². The molecule has 0 unspecified atom stereocenters. The van der Waals surface area contributed by atoms with Crippen LogP contribution in [0.25, 0.3) is 0 Å². The maximum atomic E-state index is 12.1. The summed E-state index contributed by atoms with van der Waals surface area (Å²) in [6, 6.07) is 4.51. The summed E-state index contributed by atoms with van der Waals surface area (Å²) >= 11 is 0. The fraction of sp³-hybridized carbons (Fsp3) is 0.333. The molecule has 0 radical (unpaired) electrons. The molecule has 0 saturated heterocycles. The van der Waals surface area contributed by atoms with Crippen LogP contribution in [0.4, 0.5) is 13.2 Å². The van der Waals surface area contributed by atoms with E-state index in [1.54, 1.807) is 13.8 Å². The van der Waals surface area contributed by atoms with Crippen molar-refractivity contribution in [3.63, 3.8) is 0 Å². The number of carbonyl (C=O) groups is 2. The molecule has 2 nitrogen and oxygen atoms in total. The first kappa shape index (κ1) is 13.4. The largest absolute Gasteiger partial charge is 0.454 e. The monoisotopic (exact) mass is 244 g/mol. The first-order chi connectivity index (χ1) is 7.73. The molecule has 0 aromatic heterocycles. The molecule has 0 amide bonds. The molecule has 1 rings (SSSR count). The van der Waals surface area contributed by atoms with Gasteiger partial charge in [0, 0.05) is 17.0 Å². The van der Waals surface area contributed by atoms with Crippen LogP contribution < -0.4 is 0 Å². The predicted molar refractivity (Wildman–Crippen MR) is 56.0 cm³/mol. The van der Waals surface area contributed by atoms with E-state index in [0.717, 1.165) is 12.1 Å². The molecule has 0 aliphatic rings. The lowest BCUT2D eigenvalue weighted by molar-refractivity contribution is -0.0885. The minimum Gasteiger partial charge on any atom is -0.294 e. The SMILES string of the molecule is CC(C)C(=O)c1ccc(C(=O)C(F)(F)F)cc1. The highest BCUT2D eigenvalue weighted by molar-refractivity contribution is 6.02. The molecular weight excluding hydrogens is 233 g/mol. The van der Waals surface area contributed by atoms with Crippen molar-refractivity contribution in [2.45, 2.75) is 20.0 Å². The Kier molecular flexibility index (Phi) is 3.70. The molecule has 1 aromatic carbocycles. The Morgan fingerprint density at radius 2 is 1.41 bits per heavy atom. The summed E-state index contributed by atoms with van der Waals surface area (Å²) in [6.45, 7) is 3.38. The van der Waals surface area contributed by atoms with Crippen LogP contribution in [0.5, 0.6) is 0 Å². The maximum absolute atomic E-state index is 12.1. The third kappa shape index (κ3) is 3.15. The quantitative estimate of drug-likeness (QED) is 0.765. The Morgan fingerprint density at radius 3 is 1.76 bits per heavy atom. The lowest BCUT2D eigenvalue weighted by Gasteiger charge is -2.07. The molecule has 0 spiro atoms. The van der Waals surface area contributed by atoms with Crippen LogP contribution in [0.2, 0.25) is 0 Å². The number of Topliss-reactive ketones (excluding diaryl/α,β-unsaturated/α-hetero) is 2. The van der Waals surface area contributed by atoms with Gasteiger partial charge in [-0.1, -0.05) is 38.1 Å². The molecule has 0 aliphatic carbocycles. The van der Waals surface area contributed by atoms with Crippen molar-refractivity contribution in [3.8, 4) is 0 Å². The highest BCUT2D eigenvalue weighted by atomic mass is 19.4. The van der Waals surface area contributed by atoms with Crippen molar-refractivity contribution in [1.82, 2.24) is 0 Å². The number of carbonyl (C=O) groups excluding carboxylic acids is 2. The molecule has 0 fully saturated rings. The molecule has 0 atom stereocenters. The lowest BCUT2D eigenvalue weighted by Crippen LogP contribution is -2.22. The molecule has 0 N–H and O–H groups in total. The first-order valence-electron chi connectivity index (χ1n) is 4.99. The molecule has 5 heteroatoms. The number of rotatable bonds is 3. The zero-order chi connectivity index (χ0) is 13.2. The van der Waals surface area contributed by atoms with Crippen LogP contribution >= 0.6 is 0 Å². The number of hydrogen-bond acceptors (Lipinski definition) is 2.